The summed E-state index contributed by atoms with van der Waals surface area (Å²) in [7, 11) is 1.52. The van der Waals surface area contributed by atoms with Crippen molar-refractivity contribution in [2.75, 3.05) is 7.05 Å². The highest BCUT2D eigenvalue weighted by molar-refractivity contribution is 7.09. The first-order chi connectivity index (χ1) is 9.35. The third-order valence-electron chi connectivity index (χ3n) is 3.34. The number of alkyl carbamates (subject to hydrolysis) is 1. The molecule has 1 rings (SSSR count). The number of carbonyl (C=O) groups excluding carboxylic acids is 2. The van der Waals surface area contributed by atoms with E-state index in [2.05, 4.69) is 31.1 Å². The average molecular weight is 298 g/mol. The van der Waals surface area contributed by atoms with Crippen molar-refractivity contribution in [3.63, 3.8) is 0 Å². The van der Waals surface area contributed by atoms with Gasteiger partial charge in [0.15, 0.2) is 11.9 Å². The van der Waals surface area contributed by atoms with Crippen LogP contribution in [-0.2, 0) is 4.74 Å². The van der Waals surface area contributed by atoms with Crippen LogP contribution in [0.2, 0.25) is 0 Å². The van der Waals surface area contributed by atoms with E-state index in [4.69, 9.17) is 4.74 Å². The predicted octanol–water partition coefficient (Wildman–Crippen LogP) is 3.43. The molecule has 0 aliphatic carbocycles. The molecule has 1 aromatic heterocycles. The number of ketones is 1. The number of carbonyl (C=O) groups is 2. The Labute approximate surface area is 123 Å². The zero-order valence-corrected chi connectivity index (χ0v) is 13.4. The predicted molar refractivity (Wildman–Crippen MR) is 79.0 cm³/mol. The number of Topliss-reactive ketones (excluding diaryl/α,β-unsaturated/α-hetero) is 1. The highest BCUT2D eigenvalue weighted by Gasteiger charge is 2.24. The Bertz CT molecular complexity index is 471. The largest absolute Gasteiger partial charge is 0.439 e. The molecule has 2 atom stereocenters. The summed E-state index contributed by atoms with van der Waals surface area (Å²) in [6.07, 6.45) is -0.202. The Morgan fingerprint density at radius 2 is 2.05 bits per heavy atom. The van der Waals surface area contributed by atoms with Gasteiger partial charge in [0.1, 0.15) is 10.7 Å². The topological polar surface area (TPSA) is 68.3 Å². The highest BCUT2D eigenvalue weighted by Crippen LogP contribution is 2.30. The van der Waals surface area contributed by atoms with Crippen molar-refractivity contribution < 1.29 is 14.3 Å². The number of thiazole rings is 1. The zero-order chi connectivity index (χ0) is 15.3. The molecule has 0 spiro atoms. The third kappa shape index (κ3) is 4.59. The monoisotopic (exact) mass is 298 g/mol. The molecule has 0 aromatic carbocycles. The second kappa shape index (κ2) is 7.38. The number of amides is 1. The van der Waals surface area contributed by atoms with E-state index in [-0.39, 0.29) is 5.78 Å². The summed E-state index contributed by atoms with van der Waals surface area (Å²) >= 11 is 1.36. The molecule has 1 N–H and O–H groups in total. The summed E-state index contributed by atoms with van der Waals surface area (Å²) in [5.41, 5.74) is 0.424. The third-order valence-corrected chi connectivity index (χ3v) is 4.27. The maximum absolute atomic E-state index is 11.5. The molecule has 1 amide bonds. The molecular weight excluding hydrogens is 276 g/mol. The molecule has 6 heteroatoms. The van der Waals surface area contributed by atoms with Gasteiger partial charge in [-0.3, -0.25) is 4.79 Å². The van der Waals surface area contributed by atoms with Crippen molar-refractivity contribution in [3.05, 3.63) is 16.1 Å². The smallest absolute Gasteiger partial charge is 0.407 e. The molecule has 0 saturated carbocycles. The van der Waals surface area contributed by atoms with E-state index >= 15 is 0 Å². The molecule has 0 aliphatic rings. The molecule has 0 bridgehead atoms. The highest BCUT2D eigenvalue weighted by atomic mass is 32.1. The fraction of sp³-hybridized carbons (Fsp3) is 0.643. The van der Waals surface area contributed by atoms with Crippen molar-refractivity contribution in [1.29, 1.82) is 0 Å². The van der Waals surface area contributed by atoms with Gasteiger partial charge in [0.05, 0.1) is 0 Å². The number of nitrogens with zero attached hydrogens (tertiary/aromatic N) is 1. The second-order valence-electron chi connectivity index (χ2n) is 5.23. The molecule has 1 aromatic rings. The van der Waals surface area contributed by atoms with Gasteiger partial charge in [-0.05, 0) is 18.3 Å². The van der Waals surface area contributed by atoms with E-state index in [0.29, 0.717) is 29.0 Å². The average Bonchev–Trinajstić information content (AvgIpc) is 2.87. The summed E-state index contributed by atoms with van der Waals surface area (Å²) < 4.78 is 5.39. The van der Waals surface area contributed by atoms with Crippen molar-refractivity contribution in [2.45, 2.75) is 40.2 Å². The summed E-state index contributed by atoms with van der Waals surface area (Å²) in [6, 6.07) is 0. The van der Waals surface area contributed by atoms with Gasteiger partial charge in [-0.1, -0.05) is 20.8 Å². The lowest BCUT2D eigenvalue weighted by Crippen LogP contribution is -2.23. The van der Waals surface area contributed by atoms with Gasteiger partial charge < -0.3 is 10.1 Å². The zero-order valence-electron chi connectivity index (χ0n) is 12.6. The van der Waals surface area contributed by atoms with Crippen LogP contribution in [0.3, 0.4) is 0 Å². The van der Waals surface area contributed by atoms with Crippen LogP contribution in [0.25, 0.3) is 0 Å². The van der Waals surface area contributed by atoms with Crippen LogP contribution >= 0.6 is 11.3 Å². The van der Waals surface area contributed by atoms with Gasteiger partial charge in [-0.2, -0.15) is 0 Å². The molecule has 0 fully saturated rings. The van der Waals surface area contributed by atoms with E-state index in [9.17, 15) is 9.59 Å². The minimum absolute atomic E-state index is 0.0805. The first-order valence-electron chi connectivity index (χ1n) is 6.69. The van der Waals surface area contributed by atoms with Crippen LogP contribution in [-0.4, -0.2) is 23.9 Å². The number of nitrogens with one attached hydrogen (secondary N) is 1. The van der Waals surface area contributed by atoms with Crippen LogP contribution < -0.4 is 5.32 Å². The molecule has 0 radical (unpaired) electrons. The summed E-state index contributed by atoms with van der Waals surface area (Å²) in [4.78, 5) is 27.1. The molecule has 1 heterocycles. The van der Waals surface area contributed by atoms with E-state index in [1.165, 1.54) is 25.3 Å². The maximum Gasteiger partial charge on any atom is 0.407 e. The molecule has 0 saturated heterocycles. The Morgan fingerprint density at radius 3 is 2.50 bits per heavy atom. The fourth-order valence-corrected chi connectivity index (χ4v) is 2.49. The van der Waals surface area contributed by atoms with E-state index in [1.54, 1.807) is 5.38 Å². The Balaban J connectivity index is 2.90. The van der Waals surface area contributed by atoms with Crippen LogP contribution in [0.5, 0.6) is 0 Å². The lowest BCUT2D eigenvalue weighted by molar-refractivity contribution is 0.0799. The van der Waals surface area contributed by atoms with Gasteiger partial charge >= 0.3 is 6.09 Å². The number of aromatic nitrogens is 1. The molecule has 20 heavy (non-hydrogen) atoms. The minimum atomic E-state index is -0.481. The number of ether oxygens (including phenoxy) is 1. The van der Waals surface area contributed by atoms with Crippen LogP contribution in [0.1, 0.15) is 55.7 Å². The summed E-state index contributed by atoms with van der Waals surface area (Å²) in [5, 5.41) is 4.82. The van der Waals surface area contributed by atoms with E-state index in [1.807, 2.05) is 0 Å². The number of rotatable bonds is 6. The Hall–Kier alpha value is -1.43. The first-order valence-corrected chi connectivity index (χ1v) is 7.57. The van der Waals surface area contributed by atoms with Crippen molar-refractivity contribution in [2.24, 2.45) is 11.8 Å². The van der Waals surface area contributed by atoms with Crippen molar-refractivity contribution in [3.8, 4) is 0 Å². The summed E-state index contributed by atoms with van der Waals surface area (Å²) in [6.45, 7) is 7.85. The van der Waals surface area contributed by atoms with Crippen molar-refractivity contribution in [1.82, 2.24) is 10.3 Å². The molecule has 0 aliphatic heterocycles. The van der Waals surface area contributed by atoms with E-state index in [0.717, 1.165) is 0 Å². The maximum atomic E-state index is 11.5. The van der Waals surface area contributed by atoms with Crippen LogP contribution in [0, 0.1) is 11.8 Å². The summed E-state index contributed by atoms with van der Waals surface area (Å²) in [5.74, 6) is 0.787. The molecule has 5 nitrogen and oxygen atoms in total. The quantitative estimate of drug-likeness (QED) is 0.817. The number of hydrogen-bond donors (Lipinski definition) is 1. The second-order valence-corrected chi connectivity index (χ2v) is 6.12. The Morgan fingerprint density at radius 1 is 1.40 bits per heavy atom. The SMILES string of the molecule is CNC(=O)O[C@H](C[C@@H](C)C(C)C)c1nc(C(C)=O)cs1. The first kappa shape index (κ1) is 16.6. The van der Waals surface area contributed by atoms with Gasteiger partial charge in [0.2, 0.25) is 0 Å². The van der Waals surface area contributed by atoms with Gasteiger partial charge in [0.25, 0.3) is 0 Å². The lowest BCUT2D eigenvalue weighted by Gasteiger charge is -2.21. The Kier molecular flexibility index (Phi) is 6.13. The normalized spacial score (nSPS) is 13.9. The lowest BCUT2D eigenvalue weighted by atomic mass is 9.92. The number of hydrogen-bond acceptors (Lipinski definition) is 5. The fourth-order valence-electron chi connectivity index (χ4n) is 1.59. The van der Waals surface area contributed by atoms with Crippen LogP contribution in [0.15, 0.2) is 5.38 Å². The molecule has 112 valence electrons. The molecular formula is C14H22N2O3S. The standard InChI is InChI=1S/C14H22N2O3S/c1-8(2)9(3)6-12(19-14(18)15-5)13-16-11(7-20-13)10(4)17/h7-9,12H,6H2,1-5H3,(H,15,18)/t9-,12-/m1/s1. The van der Waals surface area contributed by atoms with Gasteiger partial charge in [-0.25, -0.2) is 9.78 Å². The van der Waals surface area contributed by atoms with Crippen LogP contribution in [0.4, 0.5) is 4.79 Å². The van der Waals surface area contributed by atoms with Gasteiger partial charge in [-0.15, -0.1) is 11.3 Å². The van der Waals surface area contributed by atoms with Crippen molar-refractivity contribution >= 4 is 23.2 Å². The van der Waals surface area contributed by atoms with Gasteiger partial charge in [0, 0.05) is 19.4 Å². The minimum Gasteiger partial charge on any atom is -0.439 e. The molecule has 0 unspecified atom stereocenters. The van der Waals surface area contributed by atoms with E-state index < -0.39 is 12.2 Å².